The molecule has 4 atom stereocenters. The second-order valence-electron chi connectivity index (χ2n) is 11.2. The predicted octanol–water partition coefficient (Wildman–Crippen LogP) is -2.38. The summed E-state index contributed by atoms with van der Waals surface area (Å²) in [6.07, 6.45) is 0.804. The molecule has 2 aromatic carbocycles. The molecule has 0 unspecified atom stereocenters. The van der Waals surface area contributed by atoms with Crippen LogP contribution < -0.4 is 41.6 Å². The number of amides is 4. The van der Waals surface area contributed by atoms with Crippen molar-refractivity contribution in [2.24, 2.45) is 11.5 Å². The van der Waals surface area contributed by atoms with Crippen LogP contribution in [0.2, 0.25) is 0 Å². The number of benzene rings is 2. The number of fused-ring (bicyclic) bond motifs is 5. The normalized spacial score (nSPS) is 18.5. The minimum absolute atomic E-state index is 0.0116. The van der Waals surface area contributed by atoms with Gasteiger partial charge in [0.25, 0.3) is 0 Å². The number of hydrogen-bond acceptors (Lipinski definition) is 12. The van der Waals surface area contributed by atoms with Gasteiger partial charge < -0.3 is 46.9 Å². The Morgan fingerprint density at radius 2 is 1.67 bits per heavy atom. The van der Waals surface area contributed by atoms with E-state index >= 15 is 0 Å². The third-order valence-electron chi connectivity index (χ3n) is 7.39. The topological polar surface area (TPSA) is 268 Å². The molecule has 0 spiro atoms. The highest BCUT2D eigenvalue weighted by Crippen LogP contribution is 2.40. The van der Waals surface area contributed by atoms with Gasteiger partial charge in [0.05, 0.1) is 18.9 Å². The Hall–Kier alpha value is -4.80. The van der Waals surface area contributed by atoms with Gasteiger partial charge in [0.1, 0.15) is 55.4 Å². The highest BCUT2D eigenvalue weighted by Gasteiger charge is 2.36. The van der Waals surface area contributed by atoms with Crippen LogP contribution >= 0.6 is 0 Å². The fraction of sp³-hybridized carbons (Fsp3) is 0.452. The zero-order chi connectivity index (χ0) is 36.3. The lowest BCUT2D eigenvalue weighted by Crippen LogP contribution is -2.56. The number of carbonyl (C=O) groups excluding carboxylic acids is 4. The molecule has 0 aliphatic carbocycles. The summed E-state index contributed by atoms with van der Waals surface area (Å²) >= 11 is 0. The van der Waals surface area contributed by atoms with Gasteiger partial charge in [0.15, 0.2) is 0 Å². The molecule has 1 aliphatic heterocycles. The van der Waals surface area contributed by atoms with Gasteiger partial charge >= 0.3 is 0 Å². The van der Waals surface area contributed by atoms with Gasteiger partial charge in [-0.2, -0.15) is 5.26 Å². The van der Waals surface area contributed by atoms with E-state index in [4.69, 9.17) is 26.2 Å². The summed E-state index contributed by atoms with van der Waals surface area (Å²) in [6, 6.07) is 6.06. The average molecular weight is 703 g/mol. The van der Waals surface area contributed by atoms with E-state index in [9.17, 15) is 32.7 Å². The smallest absolute Gasteiger partial charge is 0.248 e. The lowest BCUT2D eigenvalue weighted by molar-refractivity contribution is -0.142. The number of carbonyl (C=O) groups is 4. The Morgan fingerprint density at radius 1 is 1.06 bits per heavy atom. The number of ether oxygens (including phenoxy) is 2. The average Bonchev–Trinajstić information content (AvgIpc) is 3.06. The Morgan fingerprint density at radius 3 is 2.24 bits per heavy atom. The summed E-state index contributed by atoms with van der Waals surface area (Å²) in [5.41, 5.74) is 13.1. The molecule has 9 N–H and O–H groups in total. The number of rotatable bonds is 13. The molecule has 266 valence electrons. The fourth-order valence-corrected chi connectivity index (χ4v) is 5.82. The second kappa shape index (κ2) is 17.6. The summed E-state index contributed by atoms with van der Waals surface area (Å²) in [5.74, 6) is -2.47. The van der Waals surface area contributed by atoms with Crippen LogP contribution in [0.25, 0.3) is 11.1 Å². The number of nitriles is 1. The molecular formula is C31H42N8O9S. The first kappa shape index (κ1) is 38.6. The van der Waals surface area contributed by atoms with E-state index in [-0.39, 0.29) is 44.8 Å². The standard InChI is InChI=1S/C31H42N8O9S/c1-18-28(41)37-23(29(42)35-11-8-32)15-19-4-6-25(47-12-9-33)21(14-19)22-16-20(5-7-26(22)48-13-10-34)27(30(43)36-18)39(2)31(44)24(17-40)38-49(3,45)46/h4-7,14,16,18,23-24,27,38,40H,9-13,15,17,33-34H2,1-3H3,(H,35,42)(H,36,43)(H,37,41)/t18-,23-,24-,27-/m0/s1. The zero-order valence-electron chi connectivity index (χ0n) is 27.4. The van der Waals surface area contributed by atoms with E-state index in [0.29, 0.717) is 28.2 Å². The first-order valence-corrected chi connectivity index (χ1v) is 17.2. The molecule has 3 rings (SSSR count). The molecule has 1 heterocycles. The van der Waals surface area contributed by atoms with E-state index in [2.05, 4.69) is 20.7 Å². The van der Waals surface area contributed by atoms with Crippen molar-refractivity contribution in [3.05, 3.63) is 47.5 Å². The van der Waals surface area contributed by atoms with Crippen molar-refractivity contribution in [3.8, 4) is 28.7 Å². The van der Waals surface area contributed by atoms with Crippen LogP contribution in [0.1, 0.15) is 24.1 Å². The quantitative estimate of drug-likeness (QED) is 0.108. The maximum Gasteiger partial charge on any atom is 0.248 e. The van der Waals surface area contributed by atoms with Gasteiger partial charge in [-0.15, -0.1) is 0 Å². The molecule has 0 saturated heterocycles. The number of hydrogen-bond donors (Lipinski definition) is 7. The molecule has 4 amide bonds. The second-order valence-corrected chi connectivity index (χ2v) is 13.0. The van der Waals surface area contributed by atoms with E-state index in [1.54, 1.807) is 30.3 Å². The van der Waals surface area contributed by atoms with E-state index in [1.807, 2.05) is 6.07 Å². The minimum atomic E-state index is -3.95. The Kier molecular flexibility index (Phi) is 13.8. The molecule has 49 heavy (non-hydrogen) atoms. The fourth-order valence-electron chi connectivity index (χ4n) is 5.13. The highest BCUT2D eigenvalue weighted by atomic mass is 32.2. The molecule has 18 heteroatoms. The van der Waals surface area contributed by atoms with Crippen LogP contribution in [-0.2, 0) is 35.6 Å². The molecule has 2 aromatic rings. The van der Waals surface area contributed by atoms with Gasteiger partial charge in [-0.3, -0.25) is 19.2 Å². The Bertz CT molecular complexity index is 1680. The van der Waals surface area contributed by atoms with Gasteiger partial charge in [0.2, 0.25) is 33.7 Å². The van der Waals surface area contributed by atoms with Gasteiger partial charge in [-0.25, -0.2) is 13.1 Å². The number of nitrogens with one attached hydrogen (secondary N) is 4. The molecule has 17 nitrogen and oxygen atoms in total. The monoisotopic (exact) mass is 702 g/mol. The summed E-state index contributed by atoms with van der Waals surface area (Å²) in [5, 5.41) is 26.5. The van der Waals surface area contributed by atoms with Crippen molar-refractivity contribution < 1.29 is 42.2 Å². The number of likely N-dealkylation sites (N-methyl/N-ethyl adjacent to an activating group) is 1. The minimum Gasteiger partial charge on any atom is -0.492 e. The summed E-state index contributed by atoms with van der Waals surface area (Å²) in [6.45, 7) is 0.766. The molecule has 0 aromatic heterocycles. The van der Waals surface area contributed by atoms with Crippen molar-refractivity contribution in [2.75, 3.05) is 52.8 Å². The molecule has 1 aliphatic rings. The van der Waals surface area contributed by atoms with Crippen LogP contribution in [0.15, 0.2) is 36.4 Å². The zero-order valence-corrected chi connectivity index (χ0v) is 28.2. The molecule has 0 saturated carbocycles. The van der Waals surface area contributed by atoms with Crippen molar-refractivity contribution in [1.29, 1.82) is 5.26 Å². The summed E-state index contributed by atoms with van der Waals surface area (Å²) in [4.78, 5) is 55.0. The number of nitrogens with zero attached hydrogens (tertiary/aromatic N) is 2. The van der Waals surface area contributed by atoms with Crippen LogP contribution in [0.3, 0.4) is 0 Å². The molecular weight excluding hydrogens is 660 g/mol. The van der Waals surface area contributed by atoms with Crippen molar-refractivity contribution in [2.45, 2.75) is 37.5 Å². The summed E-state index contributed by atoms with van der Waals surface area (Å²) < 4.78 is 37.9. The predicted molar refractivity (Wildman–Crippen MR) is 177 cm³/mol. The SMILES string of the molecule is C[C@@H]1NC(=O)[C@@H](N(C)C(=O)[C@H](CO)NS(C)(=O)=O)c2ccc(OCCN)c(c2)-c2cc(ccc2OCCN)C[C@@H](C(=O)NCC#N)NC1=O. The van der Waals surface area contributed by atoms with Crippen LogP contribution in [0, 0.1) is 11.3 Å². The van der Waals surface area contributed by atoms with Crippen LogP contribution in [0.4, 0.5) is 0 Å². The van der Waals surface area contributed by atoms with E-state index in [1.165, 1.54) is 20.0 Å². The number of aliphatic hydroxyl groups is 1. The number of sulfonamides is 1. The summed E-state index contributed by atoms with van der Waals surface area (Å²) in [7, 11) is -2.71. The first-order chi connectivity index (χ1) is 23.2. The largest absolute Gasteiger partial charge is 0.492 e. The van der Waals surface area contributed by atoms with Gasteiger partial charge in [0, 0.05) is 37.7 Å². The molecule has 0 radical (unpaired) electrons. The van der Waals surface area contributed by atoms with Crippen LogP contribution in [0.5, 0.6) is 11.5 Å². The van der Waals surface area contributed by atoms with Crippen molar-refractivity contribution >= 4 is 33.7 Å². The third-order valence-corrected chi connectivity index (χ3v) is 8.10. The van der Waals surface area contributed by atoms with Crippen molar-refractivity contribution in [3.63, 3.8) is 0 Å². The van der Waals surface area contributed by atoms with Crippen molar-refractivity contribution in [1.82, 2.24) is 25.6 Å². The lowest BCUT2D eigenvalue weighted by Gasteiger charge is -2.32. The maximum atomic E-state index is 14.0. The molecule has 4 bridgehead atoms. The number of nitrogens with two attached hydrogens (primary N) is 2. The van der Waals surface area contributed by atoms with Crippen LogP contribution in [-0.4, -0.2) is 113 Å². The molecule has 0 fully saturated rings. The van der Waals surface area contributed by atoms with E-state index in [0.717, 1.165) is 11.2 Å². The Balaban J connectivity index is 2.31. The third kappa shape index (κ3) is 10.3. The van der Waals surface area contributed by atoms with E-state index < -0.39 is 64.4 Å². The lowest BCUT2D eigenvalue weighted by atomic mass is 9.93. The van der Waals surface area contributed by atoms with Gasteiger partial charge in [-0.05, 0) is 42.3 Å². The first-order valence-electron chi connectivity index (χ1n) is 15.3. The maximum absolute atomic E-state index is 14.0. The van der Waals surface area contributed by atoms with Gasteiger partial charge in [-0.1, -0.05) is 12.1 Å². The number of aliphatic hydroxyl groups excluding tert-OH is 1. The Labute approximate surface area is 284 Å². The highest BCUT2D eigenvalue weighted by molar-refractivity contribution is 7.88.